The lowest BCUT2D eigenvalue weighted by atomic mass is 10.00. The smallest absolute Gasteiger partial charge is 0.0947 e. The Bertz CT molecular complexity index is 469. The summed E-state index contributed by atoms with van der Waals surface area (Å²) >= 11 is 0. The van der Waals surface area contributed by atoms with E-state index in [9.17, 15) is 0 Å². The molecule has 1 aliphatic rings. The normalized spacial score (nSPS) is 15.8. The maximum atomic E-state index is 8.86. The summed E-state index contributed by atoms with van der Waals surface area (Å²) in [6.07, 6.45) is 7.09. The molecule has 2 rings (SSSR count). The SMILES string of the molecule is Cc1ccc(C2=CC=C(C#N)CCC2)cc1. The first-order valence-electron chi connectivity index (χ1n) is 5.66. The second-order valence-corrected chi connectivity index (χ2v) is 4.22. The molecule has 0 saturated heterocycles. The Labute approximate surface area is 96.7 Å². The predicted molar refractivity (Wildman–Crippen MR) is 66.7 cm³/mol. The van der Waals surface area contributed by atoms with Crippen LogP contribution in [0.3, 0.4) is 0 Å². The molecular weight excluding hydrogens is 194 g/mol. The van der Waals surface area contributed by atoms with Gasteiger partial charge in [-0.25, -0.2) is 0 Å². The molecule has 80 valence electrons. The molecule has 0 spiro atoms. The lowest BCUT2D eigenvalue weighted by Gasteiger charge is -2.05. The van der Waals surface area contributed by atoms with Gasteiger partial charge in [-0.1, -0.05) is 35.9 Å². The Morgan fingerprint density at radius 3 is 2.50 bits per heavy atom. The minimum Gasteiger partial charge on any atom is -0.193 e. The van der Waals surface area contributed by atoms with Crippen LogP contribution in [-0.4, -0.2) is 0 Å². The summed E-state index contributed by atoms with van der Waals surface area (Å²) in [6.45, 7) is 2.10. The van der Waals surface area contributed by atoms with Crippen LogP contribution in [0.5, 0.6) is 0 Å². The van der Waals surface area contributed by atoms with Gasteiger partial charge in [-0.15, -0.1) is 0 Å². The third kappa shape index (κ3) is 2.41. The molecule has 0 saturated carbocycles. The molecule has 0 N–H and O–H groups in total. The molecule has 0 atom stereocenters. The lowest BCUT2D eigenvalue weighted by molar-refractivity contribution is 0.866. The van der Waals surface area contributed by atoms with E-state index in [1.807, 2.05) is 6.08 Å². The Morgan fingerprint density at radius 1 is 1.06 bits per heavy atom. The predicted octanol–water partition coefficient (Wildman–Crippen LogP) is 4.01. The van der Waals surface area contributed by atoms with Crippen LogP contribution >= 0.6 is 0 Å². The van der Waals surface area contributed by atoms with E-state index in [2.05, 4.69) is 43.3 Å². The van der Waals surface area contributed by atoms with Gasteiger partial charge in [0.2, 0.25) is 0 Å². The van der Waals surface area contributed by atoms with Gasteiger partial charge in [-0.3, -0.25) is 0 Å². The molecule has 0 radical (unpaired) electrons. The van der Waals surface area contributed by atoms with Crippen molar-refractivity contribution in [3.8, 4) is 6.07 Å². The highest BCUT2D eigenvalue weighted by Gasteiger charge is 2.06. The molecular formula is C15H15N. The number of aryl methyl sites for hydroxylation is 1. The van der Waals surface area contributed by atoms with Crippen LogP contribution in [0, 0.1) is 18.3 Å². The fourth-order valence-corrected chi connectivity index (χ4v) is 1.94. The van der Waals surface area contributed by atoms with E-state index in [1.54, 1.807) is 0 Å². The molecule has 0 aromatic heterocycles. The quantitative estimate of drug-likeness (QED) is 0.685. The summed E-state index contributed by atoms with van der Waals surface area (Å²) in [5.74, 6) is 0. The number of hydrogen-bond acceptors (Lipinski definition) is 1. The molecule has 0 heterocycles. The minimum absolute atomic E-state index is 0.891. The molecule has 1 heteroatoms. The first-order valence-corrected chi connectivity index (χ1v) is 5.66. The Balaban J connectivity index is 2.28. The van der Waals surface area contributed by atoms with Gasteiger partial charge in [-0.05, 0) is 43.4 Å². The summed E-state index contributed by atoms with van der Waals surface area (Å²) in [6, 6.07) is 10.8. The van der Waals surface area contributed by atoms with Gasteiger partial charge in [-0.2, -0.15) is 5.26 Å². The minimum atomic E-state index is 0.891. The molecule has 1 aromatic carbocycles. The average molecular weight is 209 g/mol. The summed E-state index contributed by atoms with van der Waals surface area (Å²) in [7, 11) is 0. The summed E-state index contributed by atoms with van der Waals surface area (Å²) < 4.78 is 0. The largest absolute Gasteiger partial charge is 0.193 e. The Kier molecular flexibility index (Phi) is 3.22. The topological polar surface area (TPSA) is 23.8 Å². The molecule has 0 unspecified atom stereocenters. The molecule has 0 bridgehead atoms. The van der Waals surface area contributed by atoms with Crippen LogP contribution in [0.1, 0.15) is 30.4 Å². The van der Waals surface area contributed by atoms with Gasteiger partial charge in [0, 0.05) is 5.57 Å². The first kappa shape index (κ1) is 10.7. The van der Waals surface area contributed by atoms with Gasteiger partial charge in [0.25, 0.3) is 0 Å². The zero-order valence-electron chi connectivity index (χ0n) is 9.53. The van der Waals surface area contributed by atoms with Crippen molar-refractivity contribution < 1.29 is 0 Å². The van der Waals surface area contributed by atoms with E-state index in [1.165, 1.54) is 16.7 Å². The second-order valence-electron chi connectivity index (χ2n) is 4.22. The van der Waals surface area contributed by atoms with Crippen LogP contribution in [0.2, 0.25) is 0 Å². The highest BCUT2D eigenvalue weighted by Crippen LogP contribution is 2.25. The van der Waals surface area contributed by atoms with Crippen molar-refractivity contribution in [1.82, 2.24) is 0 Å². The first-order chi connectivity index (χ1) is 7.79. The molecule has 0 aliphatic heterocycles. The highest BCUT2D eigenvalue weighted by atomic mass is 14.2. The molecule has 1 nitrogen and oxygen atoms in total. The summed E-state index contributed by atoms with van der Waals surface area (Å²) in [5, 5.41) is 8.86. The average Bonchev–Trinajstić information content (AvgIpc) is 2.55. The zero-order valence-corrected chi connectivity index (χ0v) is 9.53. The highest BCUT2D eigenvalue weighted by molar-refractivity contribution is 5.68. The third-order valence-corrected chi connectivity index (χ3v) is 2.94. The van der Waals surface area contributed by atoms with Crippen molar-refractivity contribution in [2.24, 2.45) is 0 Å². The van der Waals surface area contributed by atoms with Crippen molar-refractivity contribution in [3.63, 3.8) is 0 Å². The number of benzene rings is 1. The number of rotatable bonds is 1. The summed E-state index contributed by atoms with van der Waals surface area (Å²) in [4.78, 5) is 0. The zero-order chi connectivity index (χ0) is 11.4. The standard InChI is InChI=1S/C15H15N/c1-12-5-8-15(9-6-12)14-4-2-3-13(11-16)7-10-14/h5-10H,2-4H2,1H3. The van der Waals surface area contributed by atoms with Gasteiger partial charge >= 0.3 is 0 Å². The molecule has 1 aromatic rings. The number of nitriles is 1. The van der Waals surface area contributed by atoms with Crippen LogP contribution in [0.25, 0.3) is 5.57 Å². The van der Waals surface area contributed by atoms with Crippen molar-refractivity contribution in [1.29, 1.82) is 5.26 Å². The molecule has 0 fully saturated rings. The Hall–Kier alpha value is -1.81. The maximum Gasteiger partial charge on any atom is 0.0947 e. The Morgan fingerprint density at radius 2 is 1.81 bits per heavy atom. The van der Waals surface area contributed by atoms with Crippen LogP contribution < -0.4 is 0 Å². The van der Waals surface area contributed by atoms with Crippen LogP contribution in [0.4, 0.5) is 0 Å². The third-order valence-electron chi connectivity index (χ3n) is 2.94. The van der Waals surface area contributed by atoms with E-state index in [0.29, 0.717) is 0 Å². The van der Waals surface area contributed by atoms with E-state index >= 15 is 0 Å². The van der Waals surface area contributed by atoms with E-state index in [0.717, 1.165) is 24.8 Å². The number of hydrogen-bond donors (Lipinski definition) is 0. The van der Waals surface area contributed by atoms with Crippen molar-refractivity contribution in [3.05, 3.63) is 53.1 Å². The van der Waals surface area contributed by atoms with Gasteiger partial charge in [0.15, 0.2) is 0 Å². The summed E-state index contributed by atoms with van der Waals surface area (Å²) in [5.41, 5.74) is 4.79. The van der Waals surface area contributed by atoms with Gasteiger partial charge < -0.3 is 0 Å². The van der Waals surface area contributed by atoms with Crippen molar-refractivity contribution in [2.45, 2.75) is 26.2 Å². The maximum absolute atomic E-state index is 8.86. The van der Waals surface area contributed by atoms with Gasteiger partial charge in [0.1, 0.15) is 0 Å². The van der Waals surface area contributed by atoms with Crippen molar-refractivity contribution >= 4 is 5.57 Å². The van der Waals surface area contributed by atoms with Crippen molar-refractivity contribution in [2.75, 3.05) is 0 Å². The second kappa shape index (κ2) is 4.81. The number of allylic oxidation sites excluding steroid dienone is 4. The fourth-order valence-electron chi connectivity index (χ4n) is 1.94. The van der Waals surface area contributed by atoms with Gasteiger partial charge in [0.05, 0.1) is 6.07 Å². The fraction of sp³-hybridized carbons (Fsp3) is 0.267. The molecule has 0 amide bonds. The van der Waals surface area contributed by atoms with Crippen LogP contribution in [0.15, 0.2) is 42.0 Å². The lowest BCUT2D eigenvalue weighted by Crippen LogP contribution is -1.84. The monoisotopic (exact) mass is 209 g/mol. The van der Waals surface area contributed by atoms with Crippen LogP contribution in [-0.2, 0) is 0 Å². The molecule has 1 aliphatic carbocycles. The van der Waals surface area contributed by atoms with E-state index in [4.69, 9.17) is 5.26 Å². The van der Waals surface area contributed by atoms with E-state index < -0.39 is 0 Å². The van der Waals surface area contributed by atoms with E-state index in [-0.39, 0.29) is 0 Å². The molecule has 16 heavy (non-hydrogen) atoms. The number of nitrogens with zero attached hydrogens (tertiary/aromatic N) is 1.